The van der Waals surface area contributed by atoms with Gasteiger partial charge in [0.2, 0.25) is 5.91 Å². The number of carbonyl (C=O) groups excluding carboxylic acids is 2. The minimum atomic E-state index is -6.35. The molecule has 0 N–H and O–H groups in total. The van der Waals surface area contributed by atoms with Gasteiger partial charge in [-0.05, 0) is 69.2 Å². The summed E-state index contributed by atoms with van der Waals surface area (Å²) in [4.78, 5) is 26.8. The van der Waals surface area contributed by atoms with Crippen LogP contribution in [-0.4, -0.2) is 63.3 Å². The Morgan fingerprint density at radius 2 is 1.45 bits per heavy atom. The summed E-state index contributed by atoms with van der Waals surface area (Å²) in [7, 11) is -3.23. The smallest absolute Gasteiger partial charge is 0.435 e. The summed E-state index contributed by atoms with van der Waals surface area (Å²) >= 11 is 0. The fraction of sp³-hybridized carbons (Fsp3) is 0.562. The predicted molar refractivity (Wildman–Crippen MR) is 153 cm³/mol. The molecule has 3 fully saturated rings. The number of rotatable bonds is 7. The van der Waals surface area contributed by atoms with Crippen LogP contribution in [-0.2, 0) is 39.3 Å². The molecule has 2 heterocycles. The van der Waals surface area contributed by atoms with Crippen LogP contribution >= 0.6 is 0 Å². The first-order valence-electron chi connectivity index (χ1n) is 15.0. The number of amides is 1. The van der Waals surface area contributed by atoms with Crippen LogP contribution in [0.2, 0.25) is 0 Å². The molecule has 2 unspecified atom stereocenters. The predicted octanol–water partition coefficient (Wildman–Crippen LogP) is 6.71. The zero-order valence-electron chi connectivity index (χ0n) is 25.8. The van der Waals surface area contributed by atoms with E-state index in [1.54, 1.807) is 6.07 Å². The van der Waals surface area contributed by atoms with Crippen molar-refractivity contribution in [2.75, 3.05) is 20.2 Å². The monoisotopic (exact) mass is 693 g/mol. The molecule has 3 aliphatic rings. The van der Waals surface area contributed by atoms with E-state index in [0.717, 1.165) is 12.1 Å². The van der Waals surface area contributed by atoms with Gasteiger partial charge in [-0.1, -0.05) is 36.4 Å². The lowest BCUT2D eigenvalue weighted by atomic mass is 9.81. The lowest BCUT2D eigenvalue weighted by molar-refractivity contribution is -0.348. The second-order valence-electron chi connectivity index (χ2n) is 13.0. The van der Waals surface area contributed by atoms with Crippen LogP contribution in [0.15, 0.2) is 53.4 Å². The first-order valence-corrected chi connectivity index (χ1v) is 16.5. The van der Waals surface area contributed by atoms with Crippen molar-refractivity contribution in [2.45, 2.75) is 85.3 Å². The van der Waals surface area contributed by atoms with Gasteiger partial charge in [0.25, 0.3) is 0 Å². The van der Waals surface area contributed by atoms with Gasteiger partial charge in [-0.3, -0.25) is 9.59 Å². The second-order valence-corrected chi connectivity index (χ2v) is 15.2. The average Bonchev–Trinajstić information content (AvgIpc) is 3.42. The van der Waals surface area contributed by atoms with E-state index >= 15 is 0 Å². The number of sulfone groups is 1. The van der Waals surface area contributed by atoms with Crippen LogP contribution in [0.4, 0.5) is 30.7 Å². The van der Waals surface area contributed by atoms with Crippen LogP contribution in [0.3, 0.4) is 0 Å². The maximum atomic E-state index is 14.8. The van der Waals surface area contributed by atoms with Crippen molar-refractivity contribution >= 4 is 21.7 Å². The molecule has 2 aliphatic heterocycles. The molecule has 2 saturated heterocycles. The van der Waals surface area contributed by atoms with E-state index in [0.29, 0.717) is 43.4 Å². The van der Waals surface area contributed by atoms with E-state index in [4.69, 9.17) is 9.47 Å². The molecular formula is C32H34F7NO6S. The fourth-order valence-corrected chi connectivity index (χ4v) is 9.01. The molecule has 1 aliphatic carbocycles. The van der Waals surface area contributed by atoms with Crippen LogP contribution in [0.1, 0.15) is 68.7 Å². The Balaban J connectivity index is 1.53. The summed E-state index contributed by atoms with van der Waals surface area (Å²) < 4.78 is 133. The highest BCUT2D eigenvalue weighted by Crippen LogP contribution is 2.54. The molecule has 1 amide bonds. The number of nitrogens with zero attached hydrogens (tertiary/aromatic N) is 1. The first-order chi connectivity index (χ1) is 21.7. The molecule has 258 valence electrons. The van der Waals surface area contributed by atoms with Gasteiger partial charge in [-0.25, -0.2) is 12.8 Å². The molecule has 15 heteroatoms. The van der Waals surface area contributed by atoms with Gasteiger partial charge >= 0.3 is 24.0 Å². The molecule has 5 rings (SSSR count). The van der Waals surface area contributed by atoms with Crippen molar-refractivity contribution in [1.29, 1.82) is 0 Å². The Bertz CT molecular complexity index is 1620. The summed E-state index contributed by atoms with van der Waals surface area (Å²) in [6.45, 7) is 3.11. The lowest BCUT2D eigenvalue weighted by Crippen LogP contribution is -2.50. The highest BCUT2D eigenvalue weighted by molar-refractivity contribution is 7.92. The van der Waals surface area contributed by atoms with E-state index in [9.17, 15) is 48.7 Å². The molecule has 2 aromatic rings. The van der Waals surface area contributed by atoms with E-state index in [-0.39, 0.29) is 41.2 Å². The summed E-state index contributed by atoms with van der Waals surface area (Å²) in [5, 5.41) is 0. The van der Waals surface area contributed by atoms with Crippen molar-refractivity contribution in [1.82, 2.24) is 4.90 Å². The van der Waals surface area contributed by atoms with Crippen LogP contribution in [0.25, 0.3) is 0 Å². The van der Waals surface area contributed by atoms with Gasteiger partial charge in [-0.2, -0.15) is 26.3 Å². The molecule has 0 bridgehead atoms. The molecular weight excluding hydrogens is 659 g/mol. The molecule has 0 aromatic heterocycles. The van der Waals surface area contributed by atoms with Crippen molar-refractivity contribution < 1.29 is 58.2 Å². The number of likely N-dealkylation sites (tertiary alicyclic amines) is 1. The fourth-order valence-electron chi connectivity index (χ4n) is 6.88. The number of carbonyl (C=O) groups is 2. The van der Waals surface area contributed by atoms with Crippen molar-refractivity contribution in [2.24, 2.45) is 11.8 Å². The maximum absolute atomic E-state index is 14.8. The van der Waals surface area contributed by atoms with Crippen LogP contribution in [0, 0.1) is 11.8 Å². The minimum Gasteiger partial charge on any atom is -0.469 e. The number of hydrogen-bond acceptors (Lipinski definition) is 6. The number of alkyl halides is 7. The molecule has 0 spiro atoms. The van der Waals surface area contributed by atoms with Gasteiger partial charge in [0, 0.05) is 24.6 Å². The second kappa shape index (κ2) is 11.7. The molecule has 2 aromatic carbocycles. The molecule has 1 saturated carbocycles. The highest BCUT2D eigenvalue weighted by Gasteiger charge is 2.73. The number of benzene rings is 2. The summed E-state index contributed by atoms with van der Waals surface area (Å²) in [5.74, 6) is -1.66. The van der Waals surface area contributed by atoms with Gasteiger partial charge in [0.05, 0.1) is 23.5 Å². The molecule has 2 atom stereocenters. The van der Waals surface area contributed by atoms with E-state index in [1.165, 1.54) is 30.2 Å². The van der Waals surface area contributed by atoms with E-state index in [1.807, 2.05) is 13.8 Å². The minimum absolute atomic E-state index is 0.0760. The van der Waals surface area contributed by atoms with E-state index < -0.39 is 62.3 Å². The largest absolute Gasteiger partial charge is 0.469 e. The van der Waals surface area contributed by atoms with E-state index in [2.05, 4.69) is 0 Å². The molecule has 0 radical (unpaired) electrons. The number of esters is 1. The third-order valence-corrected chi connectivity index (χ3v) is 12.2. The third kappa shape index (κ3) is 5.91. The zero-order valence-corrected chi connectivity index (χ0v) is 26.6. The Kier molecular flexibility index (Phi) is 8.77. The topological polar surface area (TPSA) is 93.3 Å². The van der Waals surface area contributed by atoms with Crippen LogP contribution in [0.5, 0.6) is 0 Å². The van der Waals surface area contributed by atoms with Crippen molar-refractivity contribution in [3.8, 4) is 0 Å². The third-order valence-electron chi connectivity index (χ3n) is 9.73. The normalized spacial score (nSPS) is 26.6. The summed E-state index contributed by atoms with van der Waals surface area (Å²) in [6, 6.07) is 8.00. The summed E-state index contributed by atoms with van der Waals surface area (Å²) in [5.41, 5.74) is -7.64. The van der Waals surface area contributed by atoms with Crippen LogP contribution < -0.4 is 0 Å². The van der Waals surface area contributed by atoms with Crippen molar-refractivity contribution in [3.63, 3.8) is 0 Å². The first kappa shape index (κ1) is 35.1. The van der Waals surface area contributed by atoms with Gasteiger partial charge in [0.1, 0.15) is 10.9 Å². The molecule has 47 heavy (non-hydrogen) atoms. The van der Waals surface area contributed by atoms with Gasteiger partial charge < -0.3 is 14.4 Å². The lowest BCUT2D eigenvalue weighted by Gasteiger charge is -2.33. The number of epoxide rings is 1. The molecule has 7 nitrogen and oxygen atoms in total. The Morgan fingerprint density at radius 1 is 0.894 bits per heavy atom. The number of hydrogen-bond donors (Lipinski definition) is 0. The number of methoxy groups -OCH3 is 1. The summed E-state index contributed by atoms with van der Waals surface area (Å²) in [6.07, 6.45) is -11.9. The van der Waals surface area contributed by atoms with Crippen molar-refractivity contribution in [3.05, 3.63) is 65.2 Å². The Labute approximate surface area is 267 Å². The Hall–Kier alpha value is -3.20. The Morgan fingerprint density at radius 3 is 1.96 bits per heavy atom. The highest BCUT2D eigenvalue weighted by atomic mass is 32.2. The average molecular weight is 694 g/mol. The van der Waals surface area contributed by atoms with Gasteiger partial charge in [0.15, 0.2) is 9.84 Å². The quantitative estimate of drug-likeness (QED) is 0.182. The zero-order chi connectivity index (χ0) is 34.8. The van der Waals surface area contributed by atoms with Gasteiger partial charge in [-0.15, -0.1) is 0 Å². The number of ether oxygens (including phenoxy) is 2. The SMILES string of the molecule is COC(=O)C1CCC(C(=O)N2CCC(c3ccc(C(F)(C(F)(F)F)C(F)(F)F)cc3)(S(=O)(=O)c3cccc(C4OC4(C)C)c3)C2)CC1. The number of halogens is 7. The maximum Gasteiger partial charge on any atom is 0.435 e. The standard InChI is InChI=1S/C32H34F7NO6S/c1-28(2)25(46-28)21-5-4-6-24(17-21)47(43,44)29(22-11-13-23(14-12-22)30(33,31(34,35)36)32(37,38)39)15-16-40(18-29)26(41)19-7-9-20(10-8-19)27(42)45-3/h4-6,11-14,17,19-20,25H,7-10,15-16,18H2,1-3H3.